The lowest BCUT2D eigenvalue weighted by Crippen LogP contribution is -2.27. The number of nitrogens with zero attached hydrogens (tertiary/aromatic N) is 3. The Bertz CT molecular complexity index is 1140. The number of aromatic nitrogens is 4. The first-order chi connectivity index (χ1) is 14.3. The van der Waals surface area contributed by atoms with Crippen LogP contribution in [0.2, 0.25) is 0 Å². The number of aliphatic hydroxyl groups excluding tert-OH is 1. The zero-order valence-electron chi connectivity index (χ0n) is 16.4. The van der Waals surface area contributed by atoms with Gasteiger partial charge in [-0.05, 0) is 18.4 Å². The van der Waals surface area contributed by atoms with Crippen LogP contribution in [0.4, 0.5) is 14.6 Å². The summed E-state index contributed by atoms with van der Waals surface area (Å²) in [6.07, 6.45) is 1.68. The van der Waals surface area contributed by atoms with Crippen molar-refractivity contribution in [2.45, 2.75) is 37.2 Å². The van der Waals surface area contributed by atoms with Crippen molar-refractivity contribution >= 4 is 27.8 Å². The molecule has 0 saturated heterocycles. The van der Waals surface area contributed by atoms with Gasteiger partial charge in [-0.3, -0.25) is 9.00 Å². The van der Waals surface area contributed by atoms with E-state index in [0.717, 1.165) is 12.3 Å². The van der Waals surface area contributed by atoms with Gasteiger partial charge in [0, 0.05) is 5.56 Å². The first-order valence-corrected chi connectivity index (χ1v) is 10.6. The van der Waals surface area contributed by atoms with Gasteiger partial charge in [-0.2, -0.15) is 0 Å². The Hall–Kier alpha value is -2.79. The maximum Gasteiger partial charge on any atom is 0.268 e. The molecule has 11 heteroatoms. The van der Waals surface area contributed by atoms with E-state index in [9.17, 15) is 22.9 Å². The molecule has 3 rings (SSSR count). The molecule has 0 fully saturated rings. The summed E-state index contributed by atoms with van der Waals surface area (Å²) < 4.78 is 40.2. The highest BCUT2D eigenvalue weighted by molar-refractivity contribution is 7.84. The Morgan fingerprint density at radius 2 is 2.03 bits per heavy atom. The third-order valence-corrected chi connectivity index (χ3v) is 5.42. The summed E-state index contributed by atoms with van der Waals surface area (Å²) in [5.41, 5.74) is -0.320. The number of aromatic amines is 1. The van der Waals surface area contributed by atoms with E-state index in [1.165, 1.54) is 12.1 Å². The number of hydrogen-bond acceptors (Lipinski definition) is 7. The van der Waals surface area contributed by atoms with Crippen LogP contribution in [0.1, 0.15) is 25.8 Å². The monoisotopic (exact) mass is 437 g/mol. The summed E-state index contributed by atoms with van der Waals surface area (Å²) in [5.74, 6) is -2.02. The third-order valence-electron chi connectivity index (χ3n) is 4.25. The molecule has 30 heavy (non-hydrogen) atoms. The molecule has 0 saturated carbocycles. The van der Waals surface area contributed by atoms with Gasteiger partial charge in [0.15, 0.2) is 23.1 Å². The van der Waals surface area contributed by atoms with Crippen molar-refractivity contribution < 1.29 is 18.1 Å². The van der Waals surface area contributed by atoms with Crippen LogP contribution in [0.5, 0.6) is 0 Å². The fraction of sp³-hybridized carbons (Fsp3) is 0.368. The lowest BCUT2D eigenvalue weighted by molar-refractivity contribution is 0.259. The van der Waals surface area contributed by atoms with Crippen LogP contribution in [-0.2, 0) is 16.6 Å². The Morgan fingerprint density at radius 1 is 1.27 bits per heavy atom. The number of H-pyrrole nitrogens is 1. The summed E-state index contributed by atoms with van der Waals surface area (Å²) in [4.78, 5) is 26.5. The van der Waals surface area contributed by atoms with E-state index in [0.29, 0.717) is 6.42 Å². The van der Waals surface area contributed by atoms with E-state index in [-0.39, 0.29) is 52.0 Å². The van der Waals surface area contributed by atoms with Crippen molar-refractivity contribution in [2.24, 2.45) is 5.92 Å². The molecule has 3 N–H and O–H groups in total. The van der Waals surface area contributed by atoms with Crippen LogP contribution in [-0.4, -0.2) is 41.9 Å². The summed E-state index contributed by atoms with van der Waals surface area (Å²) in [7, 11) is -1.93. The van der Waals surface area contributed by atoms with Crippen LogP contribution in [0, 0.1) is 17.6 Å². The highest BCUT2D eigenvalue weighted by atomic mass is 32.2. The maximum atomic E-state index is 14.0. The fourth-order valence-corrected chi connectivity index (χ4v) is 3.95. The summed E-state index contributed by atoms with van der Waals surface area (Å²) in [6.45, 7) is 3.80. The highest BCUT2D eigenvalue weighted by Gasteiger charge is 2.19. The van der Waals surface area contributed by atoms with Gasteiger partial charge < -0.3 is 15.4 Å². The third kappa shape index (κ3) is 5.03. The maximum absolute atomic E-state index is 14.0. The van der Waals surface area contributed by atoms with E-state index in [1.54, 1.807) is 0 Å². The van der Waals surface area contributed by atoms with Gasteiger partial charge in [0.25, 0.3) is 5.56 Å². The first kappa shape index (κ1) is 21.9. The van der Waals surface area contributed by atoms with Gasteiger partial charge in [-0.15, -0.1) is 0 Å². The Labute approximate surface area is 173 Å². The van der Waals surface area contributed by atoms with E-state index < -0.39 is 28.0 Å². The second-order valence-electron chi connectivity index (χ2n) is 7.16. The van der Waals surface area contributed by atoms with Gasteiger partial charge in [0.2, 0.25) is 5.16 Å². The molecule has 8 nitrogen and oxygen atoms in total. The number of anilines is 1. The molecule has 0 aliphatic heterocycles. The summed E-state index contributed by atoms with van der Waals surface area (Å²) in [5, 5.41) is 12.5. The van der Waals surface area contributed by atoms with E-state index >= 15 is 0 Å². The van der Waals surface area contributed by atoms with Crippen LogP contribution in [0.25, 0.3) is 11.2 Å². The lowest BCUT2D eigenvalue weighted by Gasteiger charge is -2.19. The predicted octanol–water partition coefficient (Wildman–Crippen LogP) is 2.12. The van der Waals surface area contributed by atoms with Crippen molar-refractivity contribution in [2.75, 3.05) is 11.9 Å². The molecule has 160 valence electrons. The molecule has 0 aliphatic carbocycles. The molecule has 0 amide bonds. The number of fused-ring (bicyclic) bond motifs is 1. The predicted molar refractivity (Wildman–Crippen MR) is 108 cm³/mol. The topological polar surface area (TPSA) is 121 Å². The minimum Gasteiger partial charge on any atom is -0.394 e. The number of halogens is 2. The second kappa shape index (κ2) is 9.35. The first-order valence-electron chi connectivity index (χ1n) is 9.24. The molecular weight excluding hydrogens is 416 g/mol. The van der Waals surface area contributed by atoms with E-state index in [4.69, 9.17) is 0 Å². The van der Waals surface area contributed by atoms with Crippen LogP contribution >= 0.6 is 0 Å². The van der Waals surface area contributed by atoms with Crippen molar-refractivity contribution in [1.29, 1.82) is 0 Å². The van der Waals surface area contributed by atoms with Crippen molar-refractivity contribution in [3.63, 3.8) is 0 Å². The second-order valence-corrected chi connectivity index (χ2v) is 8.50. The molecule has 2 heterocycles. The standard InChI is InChI=1S/C19H21F2N5O3S/c1-10(2)6-12(8-27)23-17-16-18(24-14(28)7-22-16)26-19(25-17)30(29)9-11-4-3-5-13(20)15(11)21/h3-5,7,10,12,27H,6,8-9H2,1-2H3,(H2,23,24,25,26,28)/t12-,30+/m1/s1. The number of aliphatic hydroxyl groups is 1. The van der Waals surface area contributed by atoms with Crippen molar-refractivity contribution in [3.8, 4) is 0 Å². The molecule has 1 aromatic carbocycles. The number of hydrogen-bond donors (Lipinski definition) is 3. The molecule has 0 spiro atoms. The Balaban J connectivity index is 2.01. The van der Waals surface area contributed by atoms with E-state index in [1.807, 2.05) is 13.8 Å². The molecule has 0 radical (unpaired) electrons. The normalized spacial score (nSPS) is 13.5. The smallest absolute Gasteiger partial charge is 0.268 e. The zero-order chi connectivity index (χ0) is 21.8. The highest BCUT2D eigenvalue weighted by Crippen LogP contribution is 2.21. The van der Waals surface area contributed by atoms with E-state index in [2.05, 4.69) is 25.3 Å². The van der Waals surface area contributed by atoms with Gasteiger partial charge in [-0.1, -0.05) is 26.0 Å². The van der Waals surface area contributed by atoms with Gasteiger partial charge in [0.05, 0.1) is 35.4 Å². The molecule has 0 aliphatic rings. The van der Waals surface area contributed by atoms with Crippen molar-refractivity contribution in [1.82, 2.24) is 19.9 Å². The SMILES string of the molecule is CC(C)C[C@H](CO)Nc1nc([S@@](=O)Cc2cccc(F)c2F)nc2[nH]c(=O)cnc12. The van der Waals surface area contributed by atoms with Crippen LogP contribution in [0.3, 0.4) is 0 Å². The van der Waals surface area contributed by atoms with Crippen LogP contribution in [0.15, 0.2) is 34.3 Å². The molecule has 2 atom stereocenters. The average molecular weight is 437 g/mol. The average Bonchev–Trinajstić information content (AvgIpc) is 2.70. The molecule has 0 unspecified atom stereocenters. The molecule has 0 bridgehead atoms. The zero-order valence-corrected chi connectivity index (χ0v) is 17.2. The van der Waals surface area contributed by atoms with Gasteiger partial charge in [-0.25, -0.2) is 23.7 Å². The molecular formula is C19H21F2N5O3S. The van der Waals surface area contributed by atoms with Crippen molar-refractivity contribution in [3.05, 3.63) is 51.9 Å². The quantitative estimate of drug-likeness (QED) is 0.462. The Kier molecular flexibility index (Phi) is 6.83. The molecule has 3 aromatic rings. The fourth-order valence-electron chi connectivity index (χ4n) is 2.93. The largest absolute Gasteiger partial charge is 0.394 e. The minimum absolute atomic E-state index is 0.0456. The minimum atomic E-state index is -1.93. The summed E-state index contributed by atoms with van der Waals surface area (Å²) >= 11 is 0. The summed E-state index contributed by atoms with van der Waals surface area (Å²) in [6, 6.07) is 3.25. The van der Waals surface area contributed by atoms with Gasteiger partial charge >= 0.3 is 0 Å². The number of nitrogens with one attached hydrogen (secondary N) is 2. The number of rotatable bonds is 8. The Morgan fingerprint density at radius 3 is 2.73 bits per heavy atom. The lowest BCUT2D eigenvalue weighted by atomic mass is 10.0. The molecule has 2 aromatic heterocycles. The number of benzene rings is 1. The van der Waals surface area contributed by atoms with Gasteiger partial charge in [0.1, 0.15) is 5.52 Å². The van der Waals surface area contributed by atoms with Crippen LogP contribution < -0.4 is 10.9 Å².